The average molecular weight is 252 g/mol. The van der Waals surface area contributed by atoms with Crippen LogP contribution in [0.15, 0.2) is 12.4 Å². The monoisotopic (exact) mass is 252 g/mol. The van der Waals surface area contributed by atoms with E-state index in [9.17, 15) is 0 Å². The summed E-state index contributed by atoms with van der Waals surface area (Å²) in [5, 5.41) is 3.29. The summed E-state index contributed by atoms with van der Waals surface area (Å²) in [5.41, 5.74) is 0.948. The van der Waals surface area contributed by atoms with Gasteiger partial charge in [0.05, 0.1) is 24.7 Å². The summed E-state index contributed by atoms with van der Waals surface area (Å²) in [7, 11) is 4.11. The number of hydrogen-bond acceptors (Lipinski definition) is 5. The van der Waals surface area contributed by atoms with Crippen molar-refractivity contribution in [1.82, 2.24) is 20.2 Å². The van der Waals surface area contributed by atoms with Crippen LogP contribution < -0.4 is 10.1 Å². The molecule has 102 valence electrons. The van der Waals surface area contributed by atoms with Crippen LogP contribution in [0.3, 0.4) is 0 Å². The van der Waals surface area contributed by atoms with Gasteiger partial charge in [-0.15, -0.1) is 0 Å². The Balaban J connectivity index is 2.23. The molecule has 0 amide bonds. The zero-order valence-corrected chi connectivity index (χ0v) is 11.6. The van der Waals surface area contributed by atoms with Gasteiger partial charge >= 0.3 is 0 Å². The fourth-order valence-electron chi connectivity index (χ4n) is 1.46. The lowest BCUT2D eigenvalue weighted by molar-refractivity contribution is 0.272. The Hall–Kier alpha value is -1.20. The van der Waals surface area contributed by atoms with E-state index in [4.69, 9.17) is 4.74 Å². The first-order valence-electron chi connectivity index (χ1n) is 6.51. The molecule has 0 aliphatic rings. The molecule has 0 aliphatic carbocycles. The van der Waals surface area contributed by atoms with Crippen molar-refractivity contribution in [2.75, 3.05) is 33.8 Å². The van der Waals surface area contributed by atoms with E-state index in [-0.39, 0.29) is 0 Å². The Morgan fingerprint density at radius 1 is 1.28 bits per heavy atom. The van der Waals surface area contributed by atoms with Crippen molar-refractivity contribution in [2.45, 2.75) is 26.3 Å². The first kappa shape index (κ1) is 14.9. The molecule has 1 heterocycles. The van der Waals surface area contributed by atoms with Gasteiger partial charge in [0.15, 0.2) is 0 Å². The van der Waals surface area contributed by atoms with Crippen LogP contribution >= 0.6 is 0 Å². The normalized spacial score (nSPS) is 10.9. The summed E-state index contributed by atoms with van der Waals surface area (Å²) in [6, 6.07) is 0. The molecule has 0 saturated carbocycles. The topological polar surface area (TPSA) is 50.3 Å². The van der Waals surface area contributed by atoms with Crippen LogP contribution in [0, 0.1) is 0 Å². The van der Waals surface area contributed by atoms with Gasteiger partial charge in [-0.3, -0.25) is 4.98 Å². The quantitative estimate of drug-likeness (QED) is 0.672. The molecule has 5 heteroatoms. The van der Waals surface area contributed by atoms with E-state index in [1.165, 1.54) is 0 Å². The lowest BCUT2D eigenvalue weighted by Gasteiger charge is -2.09. The molecule has 0 unspecified atom stereocenters. The molecule has 18 heavy (non-hydrogen) atoms. The predicted molar refractivity (Wildman–Crippen MR) is 72.7 cm³/mol. The number of ether oxygens (including phenoxy) is 1. The summed E-state index contributed by atoms with van der Waals surface area (Å²) in [6.07, 6.45) is 5.58. The molecular weight excluding hydrogens is 228 g/mol. The molecule has 0 fully saturated rings. The first-order chi connectivity index (χ1) is 8.72. The summed E-state index contributed by atoms with van der Waals surface area (Å²) < 4.78 is 5.52. The second-order valence-electron chi connectivity index (χ2n) is 4.53. The van der Waals surface area contributed by atoms with E-state index in [1.807, 2.05) is 0 Å². The highest BCUT2D eigenvalue weighted by Crippen LogP contribution is 2.04. The zero-order valence-electron chi connectivity index (χ0n) is 11.6. The van der Waals surface area contributed by atoms with Crippen molar-refractivity contribution in [2.24, 2.45) is 0 Å². The highest BCUT2D eigenvalue weighted by molar-refractivity contribution is 5.07. The second kappa shape index (κ2) is 8.83. The van der Waals surface area contributed by atoms with Gasteiger partial charge in [-0.05, 0) is 33.5 Å². The van der Waals surface area contributed by atoms with Crippen LogP contribution in [0.2, 0.25) is 0 Å². The van der Waals surface area contributed by atoms with Gasteiger partial charge in [0.25, 0.3) is 0 Å². The third-order valence-electron chi connectivity index (χ3n) is 2.41. The van der Waals surface area contributed by atoms with E-state index >= 15 is 0 Å². The van der Waals surface area contributed by atoms with E-state index in [1.54, 1.807) is 12.4 Å². The molecule has 1 aromatic heterocycles. The number of nitrogens with zero attached hydrogens (tertiary/aromatic N) is 3. The third-order valence-corrected chi connectivity index (χ3v) is 2.41. The standard InChI is InChI=1S/C13H24N4O/c1-4-6-14-9-12-10-16-13(11-15-12)18-8-5-7-17(2)3/h10-11,14H,4-9H2,1-3H3. The Morgan fingerprint density at radius 2 is 2.11 bits per heavy atom. The van der Waals surface area contributed by atoms with Crippen LogP contribution in [0.1, 0.15) is 25.5 Å². The van der Waals surface area contributed by atoms with Gasteiger partial charge in [-0.1, -0.05) is 6.92 Å². The zero-order chi connectivity index (χ0) is 13.2. The largest absolute Gasteiger partial charge is 0.477 e. The molecular formula is C13H24N4O. The van der Waals surface area contributed by atoms with Gasteiger partial charge < -0.3 is 15.0 Å². The number of aromatic nitrogens is 2. The number of rotatable bonds is 9. The van der Waals surface area contributed by atoms with Crippen LogP contribution in [0.25, 0.3) is 0 Å². The molecule has 0 aromatic carbocycles. The van der Waals surface area contributed by atoms with Crippen LogP contribution in [-0.4, -0.2) is 48.7 Å². The van der Waals surface area contributed by atoms with Gasteiger partial charge in [-0.2, -0.15) is 0 Å². The molecule has 0 aliphatic heterocycles. The van der Waals surface area contributed by atoms with E-state index < -0.39 is 0 Å². The highest BCUT2D eigenvalue weighted by Gasteiger charge is 1.99. The molecule has 5 nitrogen and oxygen atoms in total. The smallest absolute Gasteiger partial charge is 0.232 e. The molecule has 0 radical (unpaired) electrons. The Bertz CT molecular complexity index is 313. The van der Waals surface area contributed by atoms with Crippen LogP contribution in [0.5, 0.6) is 5.88 Å². The average Bonchev–Trinajstić information content (AvgIpc) is 2.36. The van der Waals surface area contributed by atoms with Crippen molar-refractivity contribution >= 4 is 0 Å². The Kier molecular flexibility index (Phi) is 7.29. The second-order valence-corrected chi connectivity index (χ2v) is 4.53. The minimum Gasteiger partial charge on any atom is -0.477 e. The fraction of sp³-hybridized carbons (Fsp3) is 0.692. The molecule has 0 spiro atoms. The SMILES string of the molecule is CCCNCc1cnc(OCCCN(C)C)cn1. The minimum atomic E-state index is 0.605. The highest BCUT2D eigenvalue weighted by atomic mass is 16.5. The van der Waals surface area contributed by atoms with Crippen LogP contribution in [-0.2, 0) is 6.54 Å². The van der Waals surface area contributed by atoms with E-state index in [0.717, 1.165) is 38.2 Å². The van der Waals surface area contributed by atoms with Crippen LogP contribution in [0.4, 0.5) is 0 Å². The summed E-state index contributed by atoms with van der Waals surface area (Å²) in [4.78, 5) is 10.7. The van der Waals surface area contributed by atoms with Gasteiger partial charge in [0.2, 0.25) is 5.88 Å². The molecule has 1 rings (SSSR count). The molecule has 1 aromatic rings. The molecule has 0 bridgehead atoms. The fourth-order valence-corrected chi connectivity index (χ4v) is 1.46. The van der Waals surface area contributed by atoms with Gasteiger partial charge in [0.1, 0.15) is 0 Å². The van der Waals surface area contributed by atoms with Gasteiger partial charge in [0, 0.05) is 13.1 Å². The predicted octanol–water partition coefficient (Wildman–Crippen LogP) is 1.31. The molecule has 0 atom stereocenters. The first-order valence-corrected chi connectivity index (χ1v) is 6.51. The van der Waals surface area contributed by atoms with Crippen molar-refractivity contribution < 1.29 is 4.74 Å². The minimum absolute atomic E-state index is 0.605. The van der Waals surface area contributed by atoms with Crippen molar-refractivity contribution in [3.05, 3.63) is 18.1 Å². The summed E-state index contributed by atoms with van der Waals surface area (Å²) >= 11 is 0. The van der Waals surface area contributed by atoms with E-state index in [2.05, 4.69) is 41.2 Å². The maximum absolute atomic E-state index is 5.52. The maximum Gasteiger partial charge on any atom is 0.232 e. The summed E-state index contributed by atoms with van der Waals surface area (Å²) in [5.74, 6) is 0.605. The number of hydrogen-bond donors (Lipinski definition) is 1. The van der Waals surface area contributed by atoms with E-state index in [0.29, 0.717) is 12.5 Å². The number of nitrogens with one attached hydrogen (secondary N) is 1. The van der Waals surface area contributed by atoms with Crippen molar-refractivity contribution in [1.29, 1.82) is 0 Å². The van der Waals surface area contributed by atoms with Crippen molar-refractivity contribution in [3.63, 3.8) is 0 Å². The lowest BCUT2D eigenvalue weighted by atomic mass is 10.4. The molecule has 0 saturated heterocycles. The summed E-state index contributed by atoms with van der Waals surface area (Å²) in [6.45, 7) is 5.61. The third kappa shape index (κ3) is 6.51. The maximum atomic E-state index is 5.52. The Morgan fingerprint density at radius 3 is 2.72 bits per heavy atom. The molecule has 1 N–H and O–H groups in total. The van der Waals surface area contributed by atoms with Crippen molar-refractivity contribution in [3.8, 4) is 5.88 Å². The lowest BCUT2D eigenvalue weighted by Crippen LogP contribution is -2.16. The van der Waals surface area contributed by atoms with Gasteiger partial charge in [-0.25, -0.2) is 4.98 Å². The Labute approximate surface area is 110 Å².